The van der Waals surface area contributed by atoms with Crippen LogP contribution in [-0.2, 0) is 39.3 Å². The van der Waals surface area contributed by atoms with Crippen LogP contribution in [0.15, 0.2) is 54.7 Å². The molecule has 18 heteroatoms. The molecule has 2 aliphatic heterocycles. The van der Waals surface area contributed by atoms with Crippen molar-refractivity contribution in [3.05, 3.63) is 82.5 Å². The molecule has 2 aliphatic rings. The molecule has 1 aromatic heterocycles. The number of carbonyl (C=O) groups is 2. The number of ether oxygens (including phenoxy) is 2. The summed E-state index contributed by atoms with van der Waals surface area (Å²) < 4.78 is 137. The van der Waals surface area contributed by atoms with Crippen molar-refractivity contribution in [3.8, 4) is 0 Å². The van der Waals surface area contributed by atoms with Crippen LogP contribution in [0, 0.1) is 0 Å². The number of carbonyl (C=O) groups excluding carboxylic acids is 1. The molecule has 9 nitrogen and oxygen atoms in total. The molecule has 3 aromatic rings. The Balaban J connectivity index is 1.63. The average Bonchev–Trinajstić information content (AvgIpc) is 3.12. The first kappa shape index (κ1) is 40.4. The summed E-state index contributed by atoms with van der Waals surface area (Å²) in [6.07, 6.45) is -14.3. The number of hydrogen-bond acceptors (Lipinski definition) is 7. The molecule has 1 N–H and O–H groups in total. The molecule has 2 atom stereocenters. The zero-order chi connectivity index (χ0) is 39.4. The molecule has 0 aliphatic carbocycles. The number of aliphatic carboxylic acids is 1. The maximum absolute atomic E-state index is 14.2. The van der Waals surface area contributed by atoms with E-state index in [0.717, 1.165) is 18.2 Å². The Morgan fingerprint density at radius 2 is 1.54 bits per heavy atom. The molecule has 0 radical (unpaired) electrons. The van der Waals surface area contributed by atoms with Crippen molar-refractivity contribution in [2.45, 2.75) is 76.2 Å². The van der Waals surface area contributed by atoms with Gasteiger partial charge in [0.2, 0.25) is 0 Å². The molecule has 1 fully saturated rings. The summed E-state index contributed by atoms with van der Waals surface area (Å²) in [5, 5.41) is 8.89. The van der Waals surface area contributed by atoms with Crippen LogP contribution < -0.4 is 14.7 Å². The lowest BCUT2D eigenvalue weighted by Gasteiger charge is -2.44. The lowest BCUT2D eigenvalue weighted by molar-refractivity contribution is -0.143. The molecule has 0 spiro atoms. The highest BCUT2D eigenvalue weighted by Crippen LogP contribution is 2.46. The van der Waals surface area contributed by atoms with Gasteiger partial charge in [-0.3, -0.25) is 9.69 Å². The highest BCUT2D eigenvalue weighted by atomic mass is 19.4. The highest BCUT2D eigenvalue weighted by molar-refractivity contribution is 5.90. The lowest BCUT2D eigenvalue weighted by Crippen LogP contribution is -2.48. The number of unbranched alkanes of at least 4 members (excludes halogenated alkanes) is 1. The number of pyridine rings is 1. The first-order valence-electron chi connectivity index (χ1n) is 17.1. The van der Waals surface area contributed by atoms with Crippen molar-refractivity contribution in [3.63, 3.8) is 0 Å². The van der Waals surface area contributed by atoms with Gasteiger partial charge in [-0.1, -0.05) is 6.92 Å². The summed E-state index contributed by atoms with van der Waals surface area (Å²) in [5.41, 5.74) is -4.09. The topological polar surface area (TPSA) is 95.4 Å². The van der Waals surface area contributed by atoms with Crippen molar-refractivity contribution in [1.82, 2.24) is 4.98 Å². The van der Waals surface area contributed by atoms with Crippen LogP contribution in [0.5, 0.6) is 0 Å². The Kier molecular flexibility index (Phi) is 12.2. The molecule has 1 amide bonds. The molecule has 5 rings (SSSR count). The number of fused-ring (bicyclic) bond motifs is 1. The number of halogens is 9. The normalized spacial score (nSPS) is 18.0. The molecular formula is C36H37F9N4O5. The zero-order valence-corrected chi connectivity index (χ0v) is 28.9. The molecule has 3 heterocycles. The van der Waals surface area contributed by atoms with E-state index in [4.69, 9.17) is 14.6 Å². The Morgan fingerprint density at radius 1 is 0.889 bits per heavy atom. The van der Waals surface area contributed by atoms with Crippen LogP contribution in [-0.4, -0.2) is 61.1 Å². The number of aromatic nitrogens is 1. The number of morpholine rings is 1. The summed E-state index contributed by atoms with van der Waals surface area (Å²) in [6, 6.07) is 5.02. The highest BCUT2D eigenvalue weighted by Gasteiger charge is 2.42. The number of benzene rings is 2. The Morgan fingerprint density at radius 3 is 2.09 bits per heavy atom. The lowest BCUT2D eigenvalue weighted by atomic mass is 9.87. The fourth-order valence-corrected chi connectivity index (χ4v) is 6.62. The quantitative estimate of drug-likeness (QED) is 0.152. The van der Waals surface area contributed by atoms with E-state index in [-0.39, 0.29) is 61.8 Å². The molecule has 2 aromatic carbocycles. The van der Waals surface area contributed by atoms with E-state index >= 15 is 0 Å². The third-order valence-corrected chi connectivity index (χ3v) is 9.29. The minimum absolute atomic E-state index is 0.00315. The first-order chi connectivity index (χ1) is 25.4. The Hall–Kier alpha value is -4.74. The number of carboxylic acids is 1. The third kappa shape index (κ3) is 9.67. The Bertz CT molecular complexity index is 1750. The maximum atomic E-state index is 14.2. The number of carboxylic acid groups (broad SMARTS) is 1. The van der Waals surface area contributed by atoms with E-state index in [1.165, 1.54) is 22.1 Å². The van der Waals surface area contributed by atoms with E-state index in [2.05, 4.69) is 4.98 Å². The molecule has 0 saturated carbocycles. The standard InChI is InChI=1S/C36H37F9N4O5/c1-2-26-19-30(28-18-23(34(37,38)39)6-8-29(28)49(26)33(52)54-12-4-3-5-32(50)51)48(31-9-7-27(20-46-31)47-10-13-53-14-11-47)21-22-15-24(35(40,41)42)17-25(16-22)36(43,44)45/h6-9,15-18,20,26,30H,2-5,10-14,19,21H2,1H3,(H,50,51)/t26-,30+/m1/s1. The Labute approximate surface area is 304 Å². The van der Waals surface area contributed by atoms with E-state index in [9.17, 15) is 49.1 Å². The number of nitrogens with zero attached hydrogens (tertiary/aromatic N) is 4. The largest absolute Gasteiger partial charge is 0.481 e. The fraction of sp³-hybridized carbons (Fsp3) is 0.472. The van der Waals surface area contributed by atoms with Crippen LogP contribution in [0.1, 0.15) is 72.9 Å². The van der Waals surface area contributed by atoms with Crippen LogP contribution in [0.3, 0.4) is 0 Å². The molecule has 294 valence electrons. The van der Waals surface area contributed by atoms with Gasteiger partial charge in [0.1, 0.15) is 5.82 Å². The molecular weight excluding hydrogens is 739 g/mol. The van der Waals surface area contributed by atoms with Gasteiger partial charge < -0.3 is 24.4 Å². The van der Waals surface area contributed by atoms with Crippen molar-refractivity contribution in [2.24, 2.45) is 0 Å². The van der Waals surface area contributed by atoms with Gasteiger partial charge in [-0.15, -0.1) is 0 Å². The summed E-state index contributed by atoms with van der Waals surface area (Å²) in [5.74, 6) is -0.992. The molecule has 54 heavy (non-hydrogen) atoms. The summed E-state index contributed by atoms with van der Waals surface area (Å²) in [4.78, 5) is 33.4. The summed E-state index contributed by atoms with van der Waals surface area (Å²) in [6.45, 7) is 2.80. The van der Waals surface area contributed by atoms with E-state index in [1.807, 2.05) is 4.90 Å². The first-order valence-corrected chi connectivity index (χ1v) is 17.1. The zero-order valence-electron chi connectivity index (χ0n) is 28.9. The van der Waals surface area contributed by atoms with Crippen molar-refractivity contribution in [2.75, 3.05) is 47.6 Å². The predicted molar refractivity (Wildman–Crippen MR) is 178 cm³/mol. The number of hydrogen-bond donors (Lipinski definition) is 1. The van der Waals surface area contributed by atoms with Crippen molar-refractivity contribution in [1.29, 1.82) is 0 Å². The van der Waals surface area contributed by atoms with E-state index in [1.54, 1.807) is 13.0 Å². The number of anilines is 3. The van der Waals surface area contributed by atoms with Crippen LogP contribution in [0.4, 0.5) is 61.5 Å². The van der Waals surface area contributed by atoms with Crippen molar-refractivity contribution >= 4 is 29.3 Å². The summed E-state index contributed by atoms with van der Waals surface area (Å²) >= 11 is 0. The smallest absolute Gasteiger partial charge is 0.416 e. The van der Waals surface area contributed by atoms with Crippen LogP contribution >= 0.6 is 0 Å². The van der Waals surface area contributed by atoms with Gasteiger partial charge in [0.25, 0.3) is 0 Å². The van der Waals surface area contributed by atoms with Gasteiger partial charge in [0, 0.05) is 32.1 Å². The van der Waals surface area contributed by atoms with Crippen LogP contribution in [0.2, 0.25) is 0 Å². The predicted octanol–water partition coefficient (Wildman–Crippen LogP) is 9.10. The number of amides is 1. The second-order valence-corrected chi connectivity index (χ2v) is 12.9. The van der Waals surface area contributed by atoms with E-state index < -0.39 is 71.5 Å². The summed E-state index contributed by atoms with van der Waals surface area (Å²) in [7, 11) is 0. The van der Waals surface area contributed by atoms with E-state index in [0.29, 0.717) is 44.1 Å². The molecule has 0 bridgehead atoms. The van der Waals surface area contributed by atoms with Gasteiger partial charge in [-0.25, -0.2) is 9.78 Å². The fourth-order valence-electron chi connectivity index (χ4n) is 6.62. The third-order valence-electron chi connectivity index (χ3n) is 9.29. The monoisotopic (exact) mass is 776 g/mol. The SMILES string of the molecule is CC[C@@H]1C[C@H](N(Cc2cc(C(F)(F)F)cc(C(F)(F)F)c2)c2ccc(N3CCOCC3)cn2)c2cc(C(F)(F)F)ccc2N1C(=O)OCCCCC(=O)O. The average molecular weight is 777 g/mol. The number of alkyl halides is 9. The van der Waals surface area contributed by atoms with Gasteiger partial charge in [-0.05, 0) is 85.3 Å². The molecule has 1 saturated heterocycles. The molecule has 0 unspecified atom stereocenters. The number of rotatable bonds is 11. The van der Waals surface area contributed by atoms with Gasteiger partial charge >= 0.3 is 30.6 Å². The maximum Gasteiger partial charge on any atom is 0.416 e. The second kappa shape index (κ2) is 16.3. The van der Waals surface area contributed by atoms with Gasteiger partial charge in [0.05, 0.1) is 60.1 Å². The van der Waals surface area contributed by atoms with Crippen LogP contribution in [0.25, 0.3) is 0 Å². The minimum Gasteiger partial charge on any atom is -0.481 e. The second-order valence-electron chi connectivity index (χ2n) is 12.9. The van der Waals surface area contributed by atoms with Gasteiger partial charge in [-0.2, -0.15) is 39.5 Å². The van der Waals surface area contributed by atoms with Crippen molar-refractivity contribution < 1.29 is 63.7 Å². The van der Waals surface area contributed by atoms with Gasteiger partial charge in [0.15, 0.2) is 0 Å². The minimum atomic E-state index is -5.15.